The minimum Gasteiger partial charge on any atom is -0.423 e. The van der Waals surface area contributed by atoms with E-state index < -0.39 is 0 Å². The van der Waals surface area contributed by atoms with Gasteiger partial charge in [-0.1, -0.05) is 43.7 Å². The number of nitrogens with zero attached hydrogens (tertiary/aromatic N) is 4. The van der Waals surface area contributed by atoms with E-state index in [1.807, 2.05) is 32.2 Å². The maximum absolute atomic E-state index is 13.0. The molecule has 0 bridgehead atoms. The van der Waals surface area contributed by atoms with Crippen LogP contribution < -0.4 is 0 Å². The van der Waals surface area contributed by atoms with Crippen LogP contribution in [-0.2, 0) is 24.3 Å². The molecule has 1 aromatic heterocycles. The van der Waals surface area contributed by atoms with Crippen molar-refractivity contribution in [3.8, 4) is 0 Å². The highest BCUT2D eigenvalue weighted by atomic mass is 16.4. The second-order valence-electron chi connectivity index (χ2n) is 6.61. The summed E-state index contributed by atoms with van der Waals surface area (Å²) in [5, 5.41) is 7.98. The van der Waals surface area contributed by atoms with E-state index >= 15 is 0 Å². The van der Waals surface area contributed by atoms with E-state index in [0.717, 1.165) is 32.4 Å². The van der Waals surface area contributed by atoms with Gasteiger partial charge in [0, 0.05) is 20.0 Å². The van der Waals surface area contributed by atoms with Crippen molar-refractivity contribution in [3.05, 3.63) is 47.7 Å². The van der Waals surface area contributed by atoms with Crippen molar-refractivity contribution in [1.29, 1.82) is 0 Å². The lowest BCUT2D eigenvalue weighted by atomic mass is 10.00. The normalized spacial score (nSPS) is 18.2. The van der Waals surface area contributed by atoms with Crippen LogP contribution in [0.4, 0.5) is 0 Å². The Hall–Kier alpha value is -2.21. The Balaban J connectivity index is 1.65. The summed E-state index contributed by atoms with van der Waals surface area (Å²) in [6.07, 6.45) is 3.85. The number of benzene rings is 1. The first-order valence-corrected chi connectivity index (χ1v) is 9.01. The maximum atomic E-state index is 13.0. The number of likely N-dealkylation sites (N-methyl/N-ethyl adjacent to an activating group) is 1. The van der Waals surface area contributed by atoms with Gasteiger partial charge in [-0.3, -0.25) is 9.69 Å². The fourth-order valence-corrected chi connectivity index (χ4v) is 3.31. The van der Waals surface area contributed by atoms with Crippen molar-refractivity contribution in [1.82, 2.24) is 20.0 Å². The Labute approximate surface area is 148 Å². The summed E-state index contributed by atoms with van der Waals surface area (Å²) >= 11 is 0. The zero-order chi connectivity index (χ0) is 17.6. The lowest BCUT2D eigenvalue weighted by Gasteiger charge is -2.36. The molecule has 0 radical (unpaired) electrons. The number of hydrogen-bond donors (Lipinski definition) is 0. The number of likely N-dealkylation sites (tertiary alicyclic amines) is 1. The summed E-state index contributed by atoms with van der Waals surface area (Å²) in [5.74, 6) is 1.24. The number of piperidine rings is 1. The van der Waals surface area contributed by atoms with Crippen LogP contribution in [0, 0.1) is 0 Å². The molecule has 0 aliphatic carbocycles. The highest BCUT2D eigenvalue weighted by molar-refractivity contribution is 5.81. The molecule has 6 nitrogen and oxygen atoms in total. The molecular weight excluding hydrogens is 316 g/mol. The molecule has 1 aliphatic heterocycles. The maximum Gasteiger partial charge on any atom is 0.240 e. The Bertz CT molecular complexity index is 686. The zero-order valence-electron chi connectivity index (χ0n) is 15.0. The average Bonchev–Trinajstić information content (AvgIpc) is 3.10. The van der Waals surface area contributed by atoms with E-state index in [4.69, 9.17) is 4.42 Å². The molecule has 1 aliphatic rings. The largest absolute Gasteiger partial charge is 0.423 e. The van der Waals surface area contributed by atoms with Crippen LogP contribution in [0.25, 0.3) is 0 Å². The van der Waals surface area contributed by atoms with Crippen molar-refractivity contribution in [2.24, 2.45) is 0 Å². The van der Waals surface area contributed by atoms with Crippen LogP contribution >= 0.6 is 0 Å². The van der Waals surface area contributed by atoms with Crippen molar-refractivity contribution in [2.45, 2.75) is 51.7 Å². The van der Waals surface area contributed by atoms with Gasteiger partial charge in [0.1, 0.15) is 0 Å². The molecule has 0 saturated carbocycles. The summed E-state index contributed by atoms with van der Waals surface area (Å²) < 4.78 is 5.53. The van der Waals surface area contributed by atoms with Gasteiger partial charge in [-0.05, 0) is 24.9 Å². The highest BCUT2D eigenvalue weighted by Crippen LogP contribution is 2.21. The van der Waals surface area contributed by atoms with Gasteiger partial charge in [0.25, 0.3) is 0 Å². The van der Waals surface area contributed by atoms with Crippen LogP contribution in [0.5, 0.6) is 0 Å². The fourth-order valence-electron chi connectivity index (χ4n) is 3.31. The van der Waals surface area contributed by atoms with Gasteiger partial charge in [0.2, 0.25) is 17.7 Å². The third kappa shape index (κ3) is 4.45. The second-order valence-corrected chi connectivity index (χ2v) is 6.61. The Kier molecular flexibility index (Phi) is 5.81. The van der Waals surface area contributed by atoms with Crippen molar-refractivity contribution in [2.75, 3.05) is 13.6 Å². The monoisotopic (exact) mass is 342 g/mol. The number of rotatable bonds is 6. The van der Waals surface area contributed by atoms with Crippen molar-refractivity contribution >= 4 is 5.91 Å². The van der Waals surface area contributed by atoms with Gasteiger partial charge in [-0.2, -0.15) is 0 Å². The molecule has 6 heteroatoms. The molecule has 3 rings (SSSR count). The number of amides is 1. The average molecular weight is 342 g/mol. The first-order valence-electron chi connectivity index (χ1n) is 9.01. The lowest BCUT2D eigenvalue weighted by molar-refractivity contribution is -0.138. The van der Waals surface area contributed by atoms with E-state index in [9.17, 15) is 4.79 Å². The highest BCUT2D eigenvalue weighted by Gasteiger charge is 2.31. The molecule has 0 N–H and O–H groups in total. The van der Waals surface area contributed by atoms with E-state index in [0.29, 0.717) is 24.7 Å². The van der Waals surface area contributed by atoms with Gasteiger partial charge in [-0.25, -0.2) is 0 Å². The Morgan fingerprint density at radius 1 is 1.24 bits per heavy atom. The number of carbonyl (C=O) groups excluding carboxylic acids is 1. The molecule has 2 aromatic rings. The number of aryl methyl sites for hydroxylation is 1. The minimum absolute atomic E-state index is 0.0764. The number of hydrogen-bond acceptors (Lipinski definition) is 5. The number of aromatic nitrogens is 2. The summed E-state index contributed by atoms with van der Waals surface area (Å²) in [7, 11) is 1.81. The lowest BCUT2D eigenvalue weighted by Crippen LogP contribution is -2.49. The Morgan fingerprint density at radius 3 is 2.72 bits per heavy atom. The summed E-state index contributed by atoms with van der Waals surface area (Å²) in [5.41, 5.74) is 1.24. The molecule has 0 spiro atoms. The van der Waals surface area contributed by atoms with Crippen LogP contribution in [-0.4, -0.2) is 45.5 Å². The molecule has 1 fully saturated rings. The summed E-state index contributed by atoms with van der Waals surface area (Å²) in [4.78, 5) is 17.0. The smallest absolute Gasteiger partial charge is 0.240 e. The third-order valence-electron chi connectivity index (χ3n) is 4.69. The molecule has 25 heavy (non-hydrogen) atoms. The van der Waals surface area contributed by atoms with Crippen LogP contribution in [0.2, 0.25) is 0 Å². The predicted molar refractivity (Wildman–Crippen MR) is 94.6 cm³/mol. The first kappa shape index (κ1) is 17.6. The summed E-state index contributed by atoms with van der Waals surface area (Å²) in [6, 6.07) is 10.3. The van der Waals surface area contributed by atoms with Gasteiger partial charge in [0.15, 0.2) is 0 Å². The van der Waals surface area contributed by atoms with Gasteiger partial charge < -0.3 is 9.32 Å². The van der Waals surface area contributed by atoms with Crippen molar-refractivity contribution in [3.63, 3.8) is 0 Å². The molecule has 0 unspecified atom stereocenters. The Morgan fingerprint density at radius 2 is 2.00 bits per heavy atom. The molecule has 134 valence electrons. The molecule has 2 heterocycles. The number of carbonyl (C=O) groups is 1. The van der Waals surface area contributed by atoms with Crippen LogP contribution in [0.3, 0.4) is 0 Å². The standard InChI is InChI=1S/C19H26N4O2/c1-3-17-20-21-18(25-17)14-22(2)19(24)16-11-7-8-12-23(16)13-15-9-5-4-6-10-15/h4-6,9-10,16H,3,7-8,11-14H2,1-2H3/t16-/m1/s1. The topological polar surface area (TPSA) is 62.5 Å². The van der Waals surface area contributed by atoms with Crippen LogP contribution in [0.15, 0.2) is 34.7 Å². The third-order valence-corrected chi connectivity index (χ3v) is 4.69. The molecule has 1 amide bonds. The zero-order valence-corrected chi connectivity index (χ0v) is 15.0. The van der Waals surface area contributed by atoms with Gasteiger partial charge in [0.05, 0.1) is 12.6 Å². The molecule has 1 saturated heterocycles. The van der Waals surface area contributed by atoms with E-state index in [1.54, 1.807) is 4.90 Å². The minimum atomic E-state index is -0.0764. The van der Waals surface area contributed by atoms with E-state index in [1.165, 1.54) is 5.56 Å². The fraction of sp³-hybridized carbons (Fsp3) is 0.526. The molecular formula is C19H26N4O2. The SMILES string of the molecule is CCc1nnc(CN(C)C(=O)[C@H]2CCCCN2Cc2ccccc2)o1. The van der Waals surface area contributed by atoms with Crippen LogP contribution in [0.1, 0.15) is 43.5 Å². The molecule has 1 atom stereocenters. The summed E-state index contributed by atoms with van der Waals surface area (Å²) in [6.45, 7) is 4.10. The quantitative estimate of drug-likeness (QED) is 0.807. The van der Waals surface area contributed by atoms with Crippen molar-refractivity contribution < 1.29 is 9.21 Å². The molecule has 1 aromatic carbocycles. The second kappa shape index (κ2) is 8.25. The first-order chi connectivity index (χ1) is 12.2. The van der Waals surface area contributed by atoms with Gasteiger partial charge >= 0.3 is 0 Å². The van der Waals surface area contributed by atoms with E-state index in [-0.39, 0.29) is 11.9 Å². The van der Waals surface area contributed by atoms with E-state index in [2.05, 4.69) is 27.2 Å². The predicted octanol–water partition coefficient (Wildman–Crippen LogP) is 2.65. The van der Waals surface area contributed by atoms with Gasteiger partial charge in [-0.15, -0.1) is 10.2 Å².